The molecule has 0 aromatic rings. The van der Waals surface area contributed by atoms with Gasteiger partial charge in [-0.25, -0.2) is 4.79 Å². The number of nitrogens with zero attached hydrogens (tertiary/aromatic N) is 1. The van der Waals surface area contributed by atoms with Crippen molar-refractivity contribution in [3.8, 4) is 0 Å². The minimum Gasteiger partial charge on any atom is -0.480 e. The van der Waals surface area contributed by atoms with E-state index in [0.29, 0.717) is 0 Å². The molecule has 0 saturated heterocycles. The molecule has 0 heterocycles. The largest absolute Gasteiger partial charge is 0.480 e. The van der Waals surface area contributed by atoms with Crippen molar-refractivity contribution >= 4 is 23.5 Å². The first-order valence-electron chi connectivity index (χ1n) is 3.05. The zero-order valence-electron chi connectivity index (χ0n) is 6.37. The van der Waals surface area contributed by atoms with E-state index in [9.17, 15) is 9.59 Å². The van der Waals surface area contributed by atoms with E-state index in [1.807, 2.05) is 0 Å². The van der Waals surface area contributed by atoms with Gasteiger partial charge in [0.25, 0.3) is 0 Å². The number of halogens is 1. The number of amides is 1. The summed E-state index contributed by atoms with van der Waals surface area (Å²) in [6.45, 7) is 1.42. The van der Waals surface area contributed by atoms with Crippen LogP contribution in [0.2, 0.25) is 0 Å². The van der Waals surface area contributed by atoms with E-state index in [2.05, 4.69) is 0 Å². The van der Waals surface area contributed by atoms with E-state index >= 15 is 0 Å². The summed E-state index contributed by atoms with van der Waals surface area (Å²) in [6.07, 6.45) is 0. The molecule has 11 heavy (non-hydrogen) atoms. The normalized spacial score (nSPS) is 12.3. The van der Waals surface area contributed by atoms with Crippen molar-refractivity contribution in [2.24, 2.45) is 0 Å². The molecule has 1 atom stereocenters. The highest BCUT2D eigenvalue weighted by Gasteiger charge is 2.20. The van der Waals surface area contributed by atoms with Crippen LogP contribution < -0.4 is 0 Å². The fourth-order valence-electron chi connectivity index (χ4n) is 0.476. The SMILES string of the molecule is CC(C(=O)O)N(C)C(=O)CCl. The maximum atomic E-state index is 10.8. The second-order valence-corrected chi connectivity index (χ2v) is 2.42. The van der Waals surface area contributed by atoms with Gasteiger partial charge in [-0.2, -0.15) is 0 Å². The number of alkyl halides is 1. The van der Waals surface area contributed by atoms with Crippen LogP contribution in [0.1, 0.15) is 6.92 Å². The van der Waals surface area contributed by atoms with Gasteiger partial charge in [0.1, 0.15) is 11.9 Å². The summed E-state index contributed by atoms with van der Waals surface area (Å²) in [7, 11) is 1.41. The Kier molecular flexibility index (Phi) is 3.89. The van der Waals surface area contributed by atoms with Crippen molar-refractivity contribution in [1.82, 2.24) is 4.90 Å². The van der Waals surface area contributed by atoms with Crippen molar-refractivity contribution in [3.05, 3.63) is 0 Å². The van der Waals surface area contributed by atoms with E-state index in [1.54, 1.807) is 0 Å². The Morgan fingerprint density at radius 2 is 2.09 bits per heavy atom. The van der Waals surface area contributed by atoms with Crippen molar-refractivity contribution < 1.29 is 14.7 Å². The lowest BCUT2D eigenvalue weighted by atomic mass is 10.3. The summed E-state index contributed by atoms with van der Waals surface area (Å²) in [5.74, 6) is -1.61. The van der Waals surface area contributed by atoms with Crippen LogP contribution in [0.3, 0.4) is 0 Å². The minimum absolute atomic E-state index is 0.186. The second kappa shape index (κ2) is 4.18. The number of likely N-dealkylation sites (N-methyl/N-ethyl adjacent to an activating group) is 1. The molecule has 0 aliphatic rings. The summed E-state index contributed by atoms with van der Waals surface area (Å²) < 4.78 is 0. The number of carbonyl (C=O) groups is 2. The topological polar surface area (TPSA) is 57.6 Å². The summed E-state index contributed by atoms with van der Waals surface area (Å²) in [5, 5.41) is 8.46. The number of hydrogen-bond donors (Lipinski definition) is 1. The summed E-state index contributed by atoms with van der Waals surface area (Å²) in [6, 6.07) is -0.818. The molecule has 0 aliphatic heterocycles. The first kappa shape index (κ1) is 10.2. The van der Waals surface area contributed by atoms with Crippen LogP contribution in [-0.4, -0.2) is 40.9 Å². The molecule has 1 amide bonds. The Morgan fingerprint density at radius 3 is 2.36 bits per heavy atom. The van der Waals surface area contributed by atoms with Gasteiger partial charge in [0, 0.05) is 7.05 Å². The Hall–Kier alpha value is -0.770. The zero-order valence-corrected chi connectivity index (χ0v) is 7.13. The average Bonchev–Trinajstić information content (AvgIpc) is 2.00. The fourth-order valence-corrected chi connectivity index (χ4v) is 0.664. The van der Waals surface area contributed by atoms with Crippen LogP contribution in [0.15, 0.2) is 0 Å². The Morgan fingerprint density at radius 1 is 1.64 bits per heavy atom. The van der Waals surface area contributed by atoms with Crippen LogP contribution in [0.5, 0.6) is 0 Å². The van der Waals surface area contributed by atoms with Crippen LogP contribution in [0.4, 0.5) is 0 Å². The molecule has 4 nitrogen and oxygen atoms in total. The molecule has 0 bridgehead atoms. The lowest BCUT2D eigenvalue weighted by Crippen LogP contribution is -2.40. The molecular formula is C6H10ClNO3. The first-order chi connectivity index (χ1) is 5.00. The average molecular weight is 180 g/mol. The van der Waals surface area contributed by atoms with Crippen LogP contribution >= 0.6 is 11.6 Å². The van der Waals surface area contributed by atoms with E-state index in [0.717, 1.165) is 4.90 Å². The highest BCUT2D eigenvalue weighted by molar-refractivity contribution is 6.27. The molecule has 5 heteroatoms. The predicted molar refractivity (Wildman–Crippen MR) is 40.6 cm³/mol. The third-order valence-corrected chi connectivity index (χ3v) is 1.67. The third-order valence-electron chi connectivity index (χ3n) is 1.45. The fraction of sp³-hybridized carbons (Fsp3) is 0.667. The summed E-state index contributed by atoms with van der Waals surface area (Å²) in [4.78, 5) is 22.2. The Labute approximate surface area is 69.7 Å². The molecule has 0 aliphatic carbocycles. The lowest BCUT2D eigenvalue weighted by Gasteiger charge is -2.19. The third kappa shape index (κ3) is 2.76. The molecular weight excluding hydrogens is 170 g/mol. The van der Waals surface area contributed by atoms with Gasteiger partial charge in [0.05, 0.1) is 0 Å². The monoisotopic (exact) mass is 179 g/mol. The minimum atomic E-state index is -1.04. The van der Waals surface area contributed by atoms with E-state index < -0.39 is 12.0 Å². The number of hydrogen-bond acceptors (Lipinski definition) is 2. The van der Waals surface area contributed by atoms with E-state index in [4.69, 9.17) is 16.7 Å². The van der Waals surface area contributed by atoms with Crippen LogP contribution in [0, 0.1) is 0 Å². The molecule has 1 unspecified atom stereocenters. The number of carboxylic acids is 1. The molecule has 1 N–H and O–H groups in total. The summed E-state index contributed by atoms with van der Waals surface area (Å²) in [5.41, 5.74) is 0. The van der Waals surface area contributed by atoms with Gasteiger partial charge in [-0.05, 0) is 6.92 Å². The zero-order chi connectivity index (χ0) is 9.02. The predicted octanol–water partition coefficient (Wildman–Crippen LogP) is 0.157. The maximum absolute atomic E-state index is 10.8. The standard InChI is InChI=1S/C6H10ClNO3/c1-4(6(10)11)8(2)5(9)3-7/h4H,3H2,1-2H3,(H,10,11). The van der Waals surface area contributed by atoms with Crippen molar-refractivity contribution in [2.75, 3.05) is 12.9 Å². The van der Waals surface area contributed by atoms with Crippen molar-refractivity contribution in [1.29, 1.82) is 0 Å². The van der Waals surface area contributed by atoms with Gasteiger partial charge >= 0.3 is 5.97 Å². The number of rotatable bonds is 3. The number of carboxylic acid groups (broad SMARTS) is 1. The highest BCUT2D eigenvalue weighted by Crippen LogP contribution is 1.97. The molecule has 0 spiro atoms. The molecule has 0 rings (SSSR count). The molecule has 0 aromatic heterocycles. The Balaban J connectivity index is 4.12. The van der Waals surface area contributed by atoms with Crippen LogP contribution in [-0.2, 0) is 9.59 Å². The lowest BCUT2D eigenvalue weighted by molar-refractivity contribution is -0.147. The van der Waals surface area contributed by atoms with Crippen molar-refractivity contribution in [2.45, 2.75) is 13.0 Å². The molecule has 0 saturated carbocycles. The van der Waals surface area contributed by atoms with E-state index in [1.165, 1.54) is 14.0 Å². The van der Waals surface area contributed by atoms with Crippen molar-refractivity contribution in [3.63, 3.8) is 0 Å². The highest BCUT2D eigenvalue weighted by atomic mass is 35.5. The van der Waals surface area contributed by atoms with E-state index in [-0.39, 0.29) is 11.8 Å². The van der Waals surface area contributed by atoms with Gasteiger partial charge in [-0.15, -0.1) is 11.6 Å². The molecule has 64 valence electrons. The van der Waals surface area contributed by atoms with Gasteiger partial charge in [0.2, 0.25) is 5.91 Å². The maximum Gasteiger partial charge on any atom is 0.326 e. The number of aliphatic carboxylic acids is 1. The van der Waals surface area contributed by atoms with Gasteiger partial charge in [-0.1, -0.05) is 0 Å². The number of carbonyl (C=O) groups excluding carboxylic acids is 1. The van der Waals surface area contributed by atoms with Crippen LogP contribution in [0.25, 0.3) is 0 Å². The second-order valence-electron chi connectivity index (χ2n) is 2.15. The molecule has 0 radical (unpaired) electrons. The Bertz CT molecular complexity index is 171. The van der Waals surface area contributed by atoms with Gasteiger partial charge < -0.3 is 10.0 Å². The smallest absolute Gasteiger partial charge is 0.326 e. The quantitative estimate of drug-likeness (QED) is 0.628. The summed E-state index contributed by atoms with van der Waals surface area (Å²) >= 11 is 5.21. The molecule has 0 fully saturated rings. The first-order valence-corrected chi connectivity index (χ1v) is 3.58. The molecule has 0 aromatic carbocycles. The van der Waals surface area contributed by atoms with Gasteiger partial charge in [0.15, 0.2) is 0 Å². The van der Waals surface area contributed by atoms with Gasteiger partial charge in [-0.3, -0.25) is 4.79 Å².